The fourth-order valence-electron chi connectivity index (χ4n) is 2.15. The Kier molecular flexibility index (Phi) is 5.38. The Morgan fingerprint density at radius 3 is 2.08 bits per heavy atom. The number of carbonyl (C=O) groups is 1. The molecular formula is C19H15F2N3OS. The SMILES string of the molecule is Nc1ccc(Sc2ccc(NC(=O)Nc3ccc(F)cc3F)cc2)cc1. The Hall–Kier alpha value is -3.06. The molecule has 2 amide bonds. The van der Waals surface area contributed by atoms with E-state index in [1.807, 2.05) is 36.4 Å². The number of hydrogen-bond acceptors (Lipinski definition) is 3. The lowest BCUT2D eigenvalue weighted by Gasteiger charge is -2.09. The minimum absolute atomic E-state index is 0.0978. The van der Waals surface area contributed by atoms with E-state index in [0.717, 1.165) is 21.9 Å². The average Bonchev–Trinajstić information content (AvgIpc) is 2.61. The summed E-state index contributed by atoms with van der Waals surface area (Å²) in [5, 5.41) is 4.93. The van der Waals surface area contributed by atoms with E-state index in [1.165, 1.54) is 0 Å². The number of amides is 2. The van der Waals surface area contributed by atoms with E-state index in [4.69, 9.17) is 5.73 Å². The van der Waals surface area contributed by atoms with Crippen LogP contribution in [-0.2, 0) is 0 Å². The van der Waals surface area contributed by atoms with Crippen LogP contribution < -0.4 is 16.4 Å². The van der Waals surface area contributed by atoms with Gasteiger partial charge in [-0.25, -0.2) is 13.6 Å². The fraction of sp³-hybridized carbons (Fsp3) is 0. The van der Waals surface area contributed by atoms with Crippen molar-refractivity contribution in [2.75, 3.05) is 16.4 Å². The Balaban J connectivity index is 1.59. The van der Waals surface area contributed by atoms with E-state index in [0.29, 0.717) is 17.4 Å². The van der Waals surface area contributed by atoms with Crippen molar-refractivity contribution < 1.29 is 13.6 Å². The first kappa shape index (κ1) is 17.8. The van der Waals surface area contributed by atoms with E-state index in [1.54, 1.807) is 23.9 Å². The van der Waals surface area contributed by atoms with Crippen LogP contribution in [-0.4, -0.2) is 6.03 Å². The van der Waals surface area contributed by atoms with Crippen molar-refractivity contribution in [3.63, 3.8) is 0 Å². The molecule has 132 valence electrons. The molecule has 0 fully saturated rings. The minimum Gasteiger partial charge on any atom is -0.399 e. The summed E-state index contributed by atoms with van der Waals surface area (Å²) in [6.07, 6.45) is 0. The lowest BCUT2D eigenvalue weighted by atomic mass is 10.3. The van der Waals surface area contributed by atoms with E-state index >= 15 is 0 Å². The molecule has 0 aromatic heterocycles. The molecule has 0 spiro atoms. The van der Waals surface area contributed by atoms with Crippen molar-refractivity contribution in [2.24, 2.45) is 0 Å². The molecule has 0 bridgehead atoms. The predicted molar refractivity (Wildman–Crippen MR) is 100 cm³/mol. The van der Waals surface area contributed by atoms with E-state index in [-0.39, 0.29) is 5.69 Å². The van der Waals surface area contributed by atoms with Crippen molar-refractivity contribution >= 4 is 34.9 Å². The summed E-state index contributed by atoms with van der Waals surface area (Å²) in [6, 6.07) is 17.0. The van der Waals surface area contributed by atoms with Gasteiger partial charge in [-0.1, -0.05) is 11.8 Å². The highest BCUT2D eigenvalue weighted by atomic mass is 32.2. The van der Waals surface area contributed by atoms with Gasteiger partial charge >= 0.3 is 6.03 Å². The number of hydrogen-bond donors (Lipinski definition) is 3. The van der Waals surface area contributed by atoms with Gasteiger partial charge in [0.15, 0.2) is 0 Å². The quantitative estimate of drug-likeness (QED) is 0.542. The number of nitrogens with one attached hydrogen (secondary N) is 2. The molecule has 0 aliphatic heterocycles. The molecule has 3 rings (SSSR count). The van der Waals surface area contributed by atoms with Gasteiger partial charge in [-0.05, 0) is 60.7 Å². The first-order valence-electron chi connectivity index (χ1n) is 7.66. The van der Waals surface area contributed by atoms with Crippen molar-refractivity contribution in [1.29, 1.82) is 0 Å². The van der Waals surface area contributed by atoms with Gasteiger partial charge in [0.2, 0.25) is 0 Å². The largest absolute Gasteiger partial charge is 0.399 e. The lowest BCUT2D eigenvalue weighted by molar-refractivity contribution is 0.262. The number of carbonyl (C=O) groups excluding carboxylic acids is 1. The molecule has 0 radical (unpaired) electrons. The normalized spacial score (nSPS) is 10.4. The molecule has 4 N–H and O–H groups in total. The molecular weight excluding hydrogens is 356 g/mol. The molecule has 0 unspecified atom stereocenters. The van der Waals surface area contributed by atoms with Crippen molar-refractivity contribution in [3.05, 3.63) is 78.4 Å². The van der Waals surface area contributed by atoms with Gasteiger partial charge in [-0.15, -0.1) is 0 Å². The van der Waals surface area contributed by atoms with Crippen LogP contribution in [0, 0.1) is 11.6 Å². The van der Waals surface area contributed by atoms with Crippen molar-refractivity contribution in [2.45, 2.75) is 9.79 Å². The second kappa shape index (κ2) is 7.88. The summed E-state index contributed by atoms with van der Waals surface area (Å²) in [5.74, 6) is -1.54. The maximum Gasteiger partial charge on any atom is 0.323 e. The monoisotopic (exact) mass is 371 g/mol. The highest BCUT2D eigenvalue weighted by Gasteiger charge is 2.08. The molecule has 3 aromatic rings. The van der Waals surface area contributed by atoms with E-state index < -0.39 is 17.7 Å². The van der Waals surface area contributed by atoms with Crippen LogP contribution >= 0.6 is 11.8 Å². The number of anilines is 3. The molecule has 0 heterocycles. The Morgan fingerprint density at radius 1 is 0.846 bits per heavy atom. The highest BCUT2D eigenvalue weighted by molar-refractivity contribution is 7.99. The van der Waals surface area contributed by atoms with Gasteiger partial charge in [0.25, 0.3) is 0 Å². The van der Waals surface area contributed by atoms with Crippen LogP contribution in [0.3, 0.4) is 0 Å². The molecule has 7 heteroatoms. The van der Waals surface area contributed by atoms with Crippen LogP contribution in [0.2, 0.25) is 0 Å². The van der Waals surface area contributed by atoms with Gasteiger partial charge in [-0.2, -0.15) is 0 Å². The molecule has 0 aliphatic rings. The number of urea groups is 1. The van der Waals surface area contributed by atoms with Gasteiger partial charge in [0, 0.05) is 27.2 Å². The second-order valence-corrected chi connectivity index (χ2v) is 6.55. The minimum atomic E-state index is -0.838. The number of nitrogens with two attached hydrogens (primary N) is 1. The third-order valence-corrected chi connectivity index (χ3v) is 4.42. The Bertz CT molecular complexity index is 915. The standard InChI is InChI=1S/C19H15F2N3OS/c20-12-1-10-18(17(21)11-12)24-19(25)23-14-4-8-16(9-5-14)26-15-6-2-13(22)3-7-15/h1-11H,22H2,(H2,23,24,25). The third-order valence-electron chi connectivity index (χ3n) is 3.41. The van der Waals surface area contributed by atoms with Gasteiger partial charge in [0.05, 0.1) is 5.69 Å². The number of nitrogen functional groups attached to an aromatic ring is 1. The van der Waals surface area contributed by atoms with E-state index in [2.05, 4.69) is 10.6 Å². The number of benzene rings is 3. The van der Waals surface area contributed by atoms with Crippen LogP contribution in [0.4, 0.5) is 30.6 Å². The van der Waals surface area contributed by atoms with Gasteiger partial charge in [0.1, 0.15) is 11.6 Å². The van der Waals surface area contributed by atoms with Crippen molar-refractivity contribution in [1.82, 2.24) is 0 Å². The van der Waals surface area contributed by atoms with Crippen LogP contribution in [0.15, 0.2) is 76.5 Å². The number of halogens is 2. The molecule has 26 heavy (non-hydrogen) atoms. The van der Waals surface area contributed by atoms with Crippen LogP contribution in [0.1, 0.15) is 0 Å². The van der Waals surface area contributed by atoms with E-state index in [9.17, 15) is 13.6 Å². The smallest absolute Gasteiger partial charge is 0.323 e. The molecule has 0 saturated carbocycles. The summed E-state index contributed by atoms with van der Waals surface area (Å²) in [5.41, 5.74) is 6.82. The average molecular weight is 371 g/mol. The maximum absolute atomic E-state index is 13.5. The topological polar surface area (TPSA) is 67.1 Å². The summed E-state index contributed by atoms with van der Waals surface area (Å²) < 4.78 is 26.4. The lowest BCUT2D eigenvalue weighted by Crippen LogP contribution is -2.20. The van der Waals surface area contributed by atoms with Crippen LogP contribution in [0.5, 0.6) is 0 Å². The zero-order valence-electron chi connectivity index (χ0n) is 13.5. The summed E-state index contributed by atoms with van der Waals surface area (Å²) in [7, 11) is 0. The second-order valence-electron chi connectivity index (χ2n) is 5.40. The van der Waals surface area contributed by atoms with Crippen molar-refractivity contribution in [3.8, 4) is 0 Å². The van der Waals surface area contributed by atoms with Crippen LogP contribution in [0.25, 0.3) is 0 Å². The fourth-order valence-corrected chi connectivity index (χ4v) is 2.97. The molecule has 4 nitrogen and oxygen atoms in total. The highest BCUT2D eigenvalue weighted by Crippen LogP contribution is 2.29. The maximum atomic E-state index is 13.5. The summed E-state index contributed by atoms with van der Waals surface area (Å²) in [4.78, 5) is 14.0. The molecule has 0 atom stereocenters. The third kappa shape index (κ3) is 4.73. The Morgan fingerprint density at radius 2 is 1.46 bits per heavy atom. The first-order chi connectivity index (χ1) is 12.5. The summed E-state index contributed by atoms with van der Waals surface area (Å²) >= 11 is 1.56. The molecule has 3 aromatic carbocycles. The number of rotatable bonds is 4. The Labute approximate surface area is 153 Å². The zero-order valence-corrected chi connectivity index (χ0v) is 14.3. The van der Waals surface area contributed by atoms with Gasteiger partial charge in [-0.3, -0.25) is 0 Å². The summed E-state index contributed by atoms with van der Waals surface area (Å²) in [6.45, 7) is 0. The molecule has 0 saturated heterocycles. The zero-order chi connectivity index (χ0) is 18.5. The first-order valence-corrected chi connectivity index (χ1v) is 8.48. The van der Waals surface area contributed by atoms with Gasteiger partial charge < -0.3 is 16.4 Å². The molecule has 0 aliphatic carbocycles. The predicted octanol–water partition coefficient (Wildman–Crippen LogP) is 5.34.